The molecule has 1 aromatic heterocycles. The number of aliphatic hydroxyl groups is 1. The normalized spacial score (nSPS) is 15.1. The van der Waals surface area contributed by atoms with E-state index in [1.807, 2.05) is 6.20 Å². The van der Waals surface area contributed by atoms with Gasteiger partial charge in [-0.15, -0.1) is 0 Å². The Bertz CT molecular complexity index is 360. The first-order valence-corrected chi connectivity index (χ1v) is 6.76. The highest BCUT2D eigenvalue weighted by molar-refractivity contribution is 5.42. The van der Waals surface area contributed by atoms with E-state index in [0.29, 0.717) is 18.6 Å². The third-order valence-corrected chi connectivity index (χ3v) is 3.15. The molecule has 1 heterocycles. The first-order valence-electron chi connectivity index (χ1n) is 6.76. The van der Waals surface area contributed by atoms with Crippen molar-refractivity contribution in [1.82, 2.24) is 10.3 Å². The minimum Gasteiger partial charge on any atom is -0.395 e. The van der Waals surface area contributed by atoms with E-state index in [0.717, 1.165) is 12.4 Å². The summed E-state index contributed by atoms with van der Waals surface area (Å²) in [4.78, 5) is 6.72. The molecular formula is C14H23N3O. The molecule has 0 amide bonds. The molecule has 1 aromatic rings. The summed E-state index contributed by atoms with van der Waals surface area (Å²) in [6, 6.07) is 5.25. The third-order valence-electron chi connectivity index (χ3n) is 3.15. The summed E-state index contributed by atoms with van der Waals surface area (Å²) in [5.41, 5.74) is 1.20. The quantitative estimate of drug-likeness (QED) is 0.769. The smallest absolute Gasteiger partial charge is 0.128 e. The Balaban J connectivity index is 1.96. The van der Waals surface area contributed by atoms with Crippen molar-refractivity contribution < 1.29 is 5.11 Å². The summed E-state index contributed by atoms with van der Waals surface area (Å²) in [6.07, 6.45) is 4.37. The molecule has 1 fully saturated rings. The number of anilines is 1. The van der Waals surface area contributed by atoms with Crippen LogP contribution in [0.4, 0.5) is 5.82 Å². The predicted molar refractivity (Wildman–Crippen MR) is 73.7 cm³/mol. The molecule has 1 aliphatic carbocycles. The zero-order chi connectivity index (χ0) is 13.0. The predicted octanol–water partition coefficient (Wildman–Crippen LogP) is 1.54. The molecular weight excluding hydrogens is 226 g/mol. The molecule has 18 heavy (non-hydrogen) atoms. The fourth-order valence-electron chi connectivity index (χ4n) is 1.99. The monoisotopic (exact) mass is 249 g/mol. The molecule has 1 aliphatic rings. The number of pyridine rings is 1. The molecule has 2 rings (SSSR count). The van der Waals surface area contributed by atoms with E-state index in [1.54, 1.807) is 0 Å². The van der Waals surface area contributed by atoms with Crippen LogP contribution in [0.3, 0.4) is 0 Å². The highest BCUT2D eigenvalue weighted by Crippen LogP contribution is 2.30. The zero-order valence-electron chi connectivity index (χ0n) is 11.3. The Morgan fingerprint density at radius 1 is 1.44 bits per heavy atom. The molecule has 0 aliphatic heterocycles. The maximum atomic E-state index is 9.10. The molecule has 0 atom stereocenters. The average Bonchev–Trinajstić information content (AvgIpc) is 3.18. The van der Waals surface area contributed by atoms with Gasteiger partial charge in [0.05, 0.1) is 6.61 Å². The van der Waals surface area contributed by atoms with Crippen molar-refractivity contribution in [2.24, 2.45) is 0 Å². The zero-order valence-corrected chi connectivity index (χ0v) is 11.3. The maximum Gasteiger partial charge on any atom is 0.128 e. The minimum atomic E-state index is 0.189. The number of aromatic nitrogens is 1. The average molecular weight is 249 g/mol. The van der Waals surface area contributed by atoms with Gasteiger partial charge in [0, 0.05) is 31.4 Å². The molecule has 0 saturated heterocycles. The van der Waals surface area contributed by atoms with Crippen LogP contribution in [-0.2, 0) is 6.54 Å². The molecule has 0 aromatic carbocycles. The van der Waals surface area contributed by atoms with Gasteiger partial charge in [0.15, 0.2) is 0 Å². The fourth-order valence-corrected chi connectivity index (χ4v) is 1.99. The first kappa shape index (κ1) is 13.3. The Hall–Kier alpha value is -1.13. The molecule has 2 N–H and O–H groups in total. The number of hydrogen-bond acceptors (Lipinski definition) is 4. The van der Waals surface area contributed by atoms with Gasteiger partial charge in [-0.25, -0.2) is 4.98 Å². The second-order valence-corrected chi connectivity index (χ2v) is 5.21. The van der Waals surface area contributed by atoms with Crippen molar-refractivity contribution in [3.8, 4) is 0 Å². The van der Waals surface area contributed by atoms with Crippen molar-refractivity contribution in [1.29, 1.82) is 0 Å². The summed E-state index contributed by atoms with van der Waals surface area (Å²) < 4.78 is 0. The Kier molecular flexibility index (Phi) is 4.55. The Morgan fingerprint density at radius 2 is 2.22 bits per heavy atom. The van der Waals surface area contributed by atoms with Crippen LogP contribution in [0.15, 0.2) is 18.3 Å². The van der Waals surface area contributed by atoms with Gasteiger partial charge < -0.3 is 15.3 Å². The summed E-state index contributed by atoms with van der Waals surface area (Å²) in [5.74, 6) is 0.986. The number of hydrogen-bond donors (Lipinski definition) is 2. The van der Waals surface area contributed by atoms with E-state index >= 15 is 0 Å². The van der Waals surface area contributed by atoms with Gasteiger partial charge in [0.25, 0.3) is 0 Å². The molecule has 0 spiro atoms. The molecule has 4 heteroatoms. The Morgan fingerprint density at radius 3 is 2.72 bits per heavy atom. The Labute approximate surface area is 109 Å². The lowest BCUT2D eigenvalue weighted by atomic mass is 10.2. The highest BCUT2D eigenvalue weighted by atomic mass is 16.3. The van der Waals surface area contributed by atoms with E-state index in [4.69, 9.17) is 5.11 Å². The van der Waals surface area contributed by atoms with Crippen molar-refractivity contribution in [2.45, 2.75) is 45.3 Å². The second-order valence-electron chi connectivity index (χ2n) is 5.21. The number of aliphatic hydroxyl groups excluding tert-OH is 1. The maximum absolute atomic E-state index is 9.10. The lowest BCUT2D eigenvalue weighted by Crippen LogP contribution is -2.29. The van der Waals surface area contributed by atoms with Crippen molar-refractivity contribution in [3.63, 3.8) is 0 Å². The highest BCUT2D eigenvalue weighted by Gasteiger charge is 2.29. The topological polar surface area (TPSA) is 48.4 Å². The number of nitrogens with one attached hydrogen (secondary N) is 1. The van der Waals surface area contributed by atoms with Crippen LogP contribution in [0.5, 0.6) is 0 Å². The second kappa shape index (κ2) is 6.16. The van der Waals surface area contributed by atoms with E-state index in [1.165, 1.54) is 18.4 Å². The third kappa shape index (κ3) is 3.68. The van der Waals surface area contributed by atoms with Crippen LogP contribution in [0.25, 0.3) is 0 Å². The molecule has 4 nitrogen and oxygen atoms in total. The van der Waals surface area contributed by atoms with Gasteiger partial charge in [-0.05, 0) is 24.5 Å². The van der Waals surface area contributed by atoms with Crippen molar-refractivity contribution in [3.05, 3.63) is 23.9 Å². The number of rotatable bonds is 7. The summed E-state index contributed by atoms with van der Waals surface area (Å²) in [7, 11) is 0. The molecule has 0 bridgehead atoms. The SMILES string of the molecule is CC(C)NCc1ccc(N(CCO)C2CC2)nc1. The van der Waals surface area contributed by atoms with E-state index in [9.17, 15) is 0 Å². The van der Waals surface area contributed by atoms with Crippen molar-refractivity contribution >= 4 is 5.82 Å². The van der Waals surface area contributed by atoms with Gasteiger partial charge in [-0.3, -0.25) is 0 Å². The van der Waals surface area contributed by atoms with Gasteiger partial charge in [-0.2, -0.15) is 0 Å². The van der Waals surface area contributed by atoms with Crippen LogP contribution < -0.4 is 10.2 Å². The summed E-state index contributed by atoms with van der Waals surface area (Å²) >= 11 is 0. The molecule has 100 valence electrons. The summed E-state index contributed by atoms with van der Waals surface area (Å²) in [6.45, 7) is 6.00. The van der Waals surface area contributed by atoms with E-state index in [-0.39, 0.29) is 6.61 Å². The molecule has 0 radical (unpaired) electrons. The molecule has 1 saturated carbocycles. The largest absolute Gasteiger partial charge is 0.395 e. The van der Waals surface area contributed by atoms with E-state index in [2.05, 4.69) is 41.2 Å². The number of nitrogens with zero attached hydrogens (tertiary/aromatic N) is 2. The van der Waals surface area contributed by atoms with Crippen molar-refractivity contribution in [2.75, 3.05) is 18.1 Å². The van der Waals surface area contributed by atoms with Crippen LogP contribution in [-0.4, -0.2) is 35.3 Å². The van der Waals surface area contributed by atoms with E-state index < -0.39 is 0 Å². The van der Waals surface area contributed by atoms with Crippen LogP contribution in [0.2, 0.25) is 0 Å². The van der Waals surface area contributed by atoms with Gasteiger partial charge in [-0.1, -0.05) is 19.9 Å². The van der Waals surface area contributed by atoms with Gasteiger partial charge in [0.1, 0.15) is 5.82 Å². The minimum absolute atomic E-state index is 0.189. The van der Waals surface area contributed by atoms with Gasteiger partial charge >= 0.3 is 0 Å². The molecule has 0 unspecified atom stereocenters. The lowest BCUT2D eigenvalue weighted by Gasteiger charge is -2.22. The van der Waals surface area contributed by atoms with Crippen LogP contribution in [0.1, 0.15) is 32.3 Å². The lowest BCUT2D eigenvalue weighted by molar-refractivity contribution is 0.301. The first-order chi connectivity index (χ1) is 8.70. The van der Waals surface area contributed by atoms with Crippen LogP contribution >= 0.6 is 0 Å². The fraction of sp³-hybridized carbons (Fsp3) is 0.643. The van der Waals surface area contributed by atoms with Crippen LogP contribution in [0, 0.1) is 0 Å². The summed E-state index contributed by atoms with van der Waals surface area (Å²) in [5, 5.41) is 12.5. The standard InChI is InChI=1S/C14H23N3O/c1-11(2)15-9-12-3-6-14(16-10-12)17(7-8-18)13-4-5-13/h3,6,10-11,13,15,18H,4-5,7-9H2,1-2H3. The van der Waals surface area contributed by atoms with Gasteiger partial charge in [0.2, 0.25) is 0 Å².